The molecule has 0 amide bonds. The minimum atomic E-state index is -0.114. The van der Waals surface area contributed by atoms with Crippen LogP contribution in [0.5, 0.6) is 11.5 Å². The van der Waals surface area contributed by atoms with Crippen LogP contribution in [0.2, 0.25) is 0 Å². The molecule has 2 atom stereocenters. The Morgan fingerprint density at radius 3 is 2.50 bits per heavy atom. The number of nitrogens with zero attached hydrogens (tertiary/aromatic N) is 6. The van der Waals surface area contributed by atoms with Crippen molar-refractivity contribution in [2.24, 2.45) is 0 Å². The molecular weight excluding hydrogens is 456 g/mol. The lowest BCUT2D eigenvalue weighted by Crippen LogP contribution is -2.51. The van der Waals surface area contributed by atoms with Gasteiger partial charge in [0.05, 0.1) is 26.9 Å². The highest BCUT2D eigenvalue weighted by Crippen LogP contribution is 2.37. The number of methoxy groups -OCH3 is 2. The summed E-state index contributed by atoms with van der Waals surface area (Å²) in [7, 11) is 3.41. The number of aromatic nitrogens is 4. The third-order valence-electron chi connectivity index (χ3n) is 7.49. The number of tetrazole rings is 1. The van der Waals surface area contributed by atoms with E-state index in [1.165, 1.54) is 25.7 Å². The molecule has 5 rings (SSSR count). The molecule has 34 heavy (non-hydrogen) atoms. The van der Waals surface area contributed by atoms with Gasteiger partial charge < -0.3 is 14.2 Å². The van der Waals surface area contributed by atoms with Crippen LogP contribution in [0.1, 0.15) is 56.0 Å². The molecule has 2 unspecified atom stereocenters. The number of hydrogen-bond acceptors (Lipinski definition) is 8. The van der Waals surface area contributed by atoms with Crippen molar-refractivity contribution in [3.63, 3.8) is 0 Å². The number of benzene rings is 1. The van der Waals surface area contributed by atoms with Crippen LogP contribution in [0.15, 0.2) is 18.2 Å². The zero-order valence-corrected chi connectivity index (χ0v) is 21.1. The lowest BCUT2D eigenvalue weighted by atomic mass is 10.0. The smallest absolute Gasteiger partial charge is 0.173 e. The first kappa shape index (κ1) is 25.2. The molecule has 0 spiro atoms. The van der Waals surface area contributed by atoms with Gasteiger partial charge >= 0.3 is 0 Å². The summed E-state index contributed by atoms with van der Waals surface area (Å²) in [6.45, 7) is 5.57. The Hall–Kier alpha value is -1.94. The summed E-state index contributed by atoms with van der Waals surface area (Å²) in [5, 5.41) is 13.0. The fourth-order valence-corrected chi connectivity index (χ4v) is 5.70. The van der Waals surface area contributed by atoms with Gasteiger partial charge in [-0.05, 0) is 54.3 Å². The van der Waals surface area contributed by atoms with Crippen molar-refractivity contribution in [2.75, 3.05) is 47.0 Å². The van der Waals surface area contributed by atoms with Crippen molar-refractivity contribution < 1.29 is 14.2 Å². The zero-order valence-electron chi connectivity index (χ0n) is 20.3. The predicted molar refractivity (Wildman–Crippen MR) is 131 cm³/mol. The Balaban J connectivity index is 0.00000274. The Morgan fingerprint density at radius 1 is 1.03 bits per heavy atom. The lowest BCUT2D eigenvalue weighted by Gasteiger charge is -2.41. The van der Waals surface area contributed by atoms with E-state index in [9.17, 15) is 0 Å². The normalized spacial score (nSPS) is 23.1. The van der Waals surface area contributed by atoms with Crippen LogP contribution in [0.4, 0.5) is 0 Å². The minimum absolute atomic E-state index is 0. The quantitative estimate of drug-likeness (QED) is 0.556. The van der Waals surface area contributed by atoms with E-state index in [1.807, 2.05) is 16.8 Å². The van der Waals surface area contributed by atoms with Gasteiger partial charge in [0.1, 0.15) is 17.5 Å². The highest BCUT2D eigenvalue weighted by Gasteiger charge is 2.35. The molecule has 2 aliphatic heterocycles. The molecule has 2 saturated heterocycles. The molecule has 1 aromatic carbocycles. The number of ether oxygens (including phenoxy) is 3. The van der Waals surface area contributed by atoms with Crippen molar-refractivity contribution in [3.8, 4) is 11.5 Å². The first-order chi connectivity index (χ1) is 16.3. The lowest BCUT2D eigenvalue weighted by molar-refractivity contribution is 0.0714. The minimum Gasteiger partial charge on any atom is -0.497 e. The predicted octanol–water partition coefficient (Wildman–Crippen LogP) is 2.94. The summed E-state index contributed by atoms with van der Waals surface area (Å²) >= 11 is 0. The van der Waals surface area contributed by atoms with Gasteiger partial charge in [-0.15, -0.1) is 17.5 Å². The topological polar surface area (TPSA) is 77.8 Å². The molecule has 0 radical (unpaired) electrons. The Labute approximate surface area is 208 Å². The van der Waals surface area contributed by atoms with Crippen molar-refractivity contribution in [2.45, 2.75) is 63.3 Å². The van der Waals surface area contributed by atoms with E-state index in [0.29, 0.717) is 6.54 Å². The molecular formula is C24H37ClN6O3. The van der Waals surface area contributed by atoms with Gasteiger partial charge in [0.15, 0.2) is 5.82 Å². The zero-order chi connectivity index (χ0) is 22.6. The molecule has 1 aliphatic carbocycles. The van der Waals surface area contributed by atoms with Crippen LogP contribution in [-0.2, 0) is 11.3 Å². The Kier molecular flexibility index (Phi) is 8.63. The summed E-state index contributed by atoms with van der Waals surface area (Å²) < 4.78 is 19.2. The highest BCUT2D eigenvalue weighted by atomic mass is 35.5. The Morgan fingerprint density at radius 2 is 1.82 bits per heavy atom. The van der Waals surface area contributed by atoms with Crippen LogP contribution in [0.3, 0.4) is 0 Å². The van der Waals surface area contributed by atoms with E-state index in [1.54, 1.807) is 14.2 Å². The van der Waals surface area contributed by atoms with E-state index in [0.717, 1.165) is 74.6 Å². The second-order valence-corrected chi connectivity index (χ2v) is 9.37. The molecule has 2 aromatic rings. The summed E-state index contributed by atoms with van der Waals surface area (Å²) in [5.74, 6) is 2.47. The van der Waals surface area contributed by atoms with Gasteiger partial charge in [-0.2, -0.15) is 0 Å². The first-order valence-electron chi connectivity index (χ1n) is 12.3. The second-order valence-electron chi connectivity index (χ2n) is 9.37. The molecule has 3 heterocycles. The van der Waals surface area contributed by atoms with Crippen LogP contribution < -0.4 is 9.47 Å². The van der Waals surface area contributed by atoms with Gasteiger partial charge in [0.2, 0.25) is 0 Å². The maximum atomic E-state index is 5.88. The summed E-state index contributed by atoms with van der Waals surface area (Å²) in [6, 6.07) is 6.62. The monoisotopic (exact) mass is 492 g/mol. The average molecular weight is 493 g/mol. The van der Waals surface area contributed by atoms with Gasteiger partial charge in [0.25, 0.3) is 0 Å². The third-order valence-corrected chi connectivity index (χ3v) is 7.49. The summed E-state index contributed by atoms with van der Waals surface area (Å²) in [5.41, 5.74) is 1.04. The molecule has 188 valence electrons. The van der Waals surface area contributed by atoms with E-state index in [-0.39, 0.29) is 24.6 Å². The molecule has 3 aliphatic rings. The molecule has 0 bridgehead atoms. The van der Waals surface area contributed by atoms with Gasteiger partial charge in [-0.25, -0.2) is 4.68 Å². The van der Waals surface area contributed by atoms with Crippen LogP contribution >= 0.6 is 12.4 Å². The van der Waals surface area contributed by atoms with Crippen LogP contribution in [0, 0.1) is 0 Å². The van der Waals surface area contributed by atoms with Gasteiger partial charge in [-0.3, -0.25) is 9.80 Å². The number of halogens is 1. The van der Waals surface area contributed by atoms with Gasteiger partial charge in [0, 0.05) is 44.4 Å². The summed E-state index contributed by atoms with van der Waals surface area (Å²) in [4.78, 5) is 5.18. The largest absolute Gasteiger partial charge is 0.497 e. The Bertz CT molecular complexity index is 908. The second kappa shape index (κ2) is 11.7. The molecule has 1 aromatic heterocycles. The van der Waals surface area contributed by atoms with Crippen LogP contribution in [-0.4, -0.2) is 89.2 Å². The fraction of sp³-hybridized carbons (Fsp3) is 0.708. The van der Waals surface area contributed by atoms with Crippen molar-refractivity contribution in [3.05, 3.63) is 29.6 Å². The molecule has 3 fully saturated rings. The maximum absolute atomic E-state index is 5.88. The molecule has 0 N–H and O–H groups in total. The van der Waals surface area contributed by atoms with Crippen molar-refractivity contribution in [1.29, 1.82) is 0 Å². The number of hydrogen-bond donors (Lipinski definition) is 0. The van der Waals surface area contributed by atoms with Crippen LogP contribution in [0.25, 0.3) is 0 Å². The summed E-state index contributed by atoms with van der Waals surface area (Å²) in [6.07, 6.45) is 7.73. The van der Waals surface area contributed by atoms with Gasteiger partial charge in [-0.1, -0.05) is 12.8 Å². The highest BCUT2D eigenvalue weighted by molar-refractivity contribution is 5.85. The first-order valence-corrected chi connectivity index (χ1v) is 12.3. The molecule has 1 saturated carbocycles. The number of rotatable bonds is 8. The van der Waals surface area contributed by atoms with E-state index in [4.69, 9.17) is 14.2 Å². The van der Waals surface area contributed by atoms with Crippen molar-refractivity contribution >= 4 is 12.4 Å². The van der Waals surface area contributed by atoms with Crippen molar-refractivity contribution in [1.82, 2.24) is 30.0 Å². The average Bonchev–Trinajstić information content (AvgIpc) is 3.64. The third kappa shape index (κ3) is 5.32. The number of piperazine rings is 1. The standard InChI is InChI=1S/C24H36N6O3.ClH/c1-31-19-9-10-22(32-2)21(16-19)23(24-25-26-27-30(24)17-20-8-5-15-33-20)29-13-11-28(12-14-29)18-6-3-4-7-18;/h9-10,16,18,20,23H,3-8,11-15,17H2,1-2H3;1H. The maximum Gasteiger partial charge on any atom is 0.173 e. The molecule has 10 heteroatoms. The van der Waals surface area contributed by atoms with E-state index in [2.05, 4.69) is 31.4 Å². The SMILES string of the molecule is COc1ccc(OC)c(C(c2nnnn2CC2CCCO2)N2CCN(C3CCCC3)CC2)c1.Cl. The molecule has 9 nitrogen and oxygen atoms in total. The van der Waals surface area contributed by atoms with E-state index < -0.39 is 0 Å². The van der Waals surface area contributed by atoms with E-state index >= 15 is 0 Å². The fourth-order valence-electron chi connectivity index (χ4n) is 5.70.